The lowest BCUT2D eigenvalue weighted by atomic mass is 9.96. The zero-order chi connectivity index (χ0) is 17.9. The molecule has 1 amide bonds. The Morgan fingerprint density at radius 1 is 1.24 bits per heavy atom. The van der Waals surface area contributed by atoms with Crippen LogP contribution >= 0.6 is 0 Å². The molecule has 1 aliphatic rings. The van der Waals surface area contributed by atoms with Crippen LogP contribution in [0.1, 0.15) is 29.5 Å². The highest BCUT2D eigenvalue weighted by molar-refractivity contribution is 5.76. The van der Waals surface area contributed by atoms with E-state index in [0.29, 0.717) is 12.8 Å². The fourth-order valence-corrected chi connectivity index (χ4v) is 3.27. The van der Waals surface area contributed by atoms with Gasteiger partial charge in [0.15, 0.2) is 0 Å². The third-order valence-corrected chi connectivity index (χ3v) is 4.67. The van der Waals surface area contributed by atoms with Crippen molar-refractivity contribution in [3.63, 3.8) is 0 Å². The van der Waals surface area contributed by atoms with Crippen molar-refractivity contribution >= 4 is 11.6 Å². The molecular formula is C19H20N2O4. The monoisotopic (exact) mass is 340 g/mol. The zero-order valence-corrected chi connectivity index (χ0v) is 13.8. The molecule has 3 rings (SSSR count). The minimum atomic E-state index is -1.02. The summed E-state index contributed by atoms with van der Waals surface area (Å²) in [5, 5.41) is 24.4. The van der Waals surface area contributed by atoms with Gasteiger partial charge >= 0.3 is 0 Å². The number of aryl methyl sites for hydroxylation is 2. The maximum absolute atomic E-state index is 12.1. The molecule has 0 aromatic heterocycles. The van der Waals surface area contributed by atoms with Crippen molar-refractivity contribution in [2.24, 2.45) is 0 Å². The molecule has 2 aromatic rings. The Morgan fingerprint density at radius 3 is 2.84 bits per heavy atom. The van der Waals surface area contributed by atoms with Crippen LogP contribution in [0, 0.1) is 10.1 Å². The number of carbonyl (C=O) groups is 1. The SMILES string of the molecule is O=C(CCc1cccc([N+](=O)[O-])c1)NC[C@]1(O)CCc2ccccc21. The van der Waals surface area contributed by atoms with Crippen LogP contribution in [0.5, 0.6) is 0 Å². The molecule has 2 aromatic carbocycles. The number of rotatable bonds is 6. The van der Waals surface area contributed by atoms with Crippen molar-refractivity contribution in [1.29, 1.82) is 0 Å². The van der Waals surface area contributed by atoms with Gasteiger partial charge in [0.05, 0.1) is 11.5 Å². The standard InChI is InChI=1S/C19H20N2O4/c22-18(9-8-14-4-3-6-16(12-14)21(24)25)20-13-19(23)11-10-15-5-1-2-7-17(15)19/h1-7,12,23H,8-11,13H2,(H,20,22)/t19-/m1/s1. The summed E-state index contributed by atoms with van der Waals surface area (Å²) in [6, 6.07) is 14.0. The highest BCUT2D eigenvalue weighted by Gasteiger charge is 2.36. The van der Waals surface area contributed by atoms with E-state index in [9.17, 15) is 20.0 Å². The first-order valence-electron chi connectivity index (χ1n) is 8.29. The lowest BCUT2D eigenvalue weighted by Crippen LogP contribution is -2.39. The second-order valence-corrected chi connectivity index (χ2v) is 6.39. The van der Waals surface area contributed by atoms with Gasteiger partial charge in [0.25, 0.3) is 5.69 Å². The topological polar surface area (TPSA) is 92.5 Å². The molecule has 25 heavy (non-hydrogen) atoms. The molecule has 0 saturated carbocycles. The maximum atomic E-state index is 12.1. The number of carbonyl (C=O) groups excluding carboxylic acids is 1. The first-order chi connectivity index (χ1) is 12.0. The summed E-state index contributed by atoms with van der Waals surface area (Å²) in [4.78, 5) is 22.4. The molecular weight excluding hydrogens is 320 g/mol. The number of nitrogens with one attached hydrogen (secondary N) is 1. The van der Waals surface area contributed by atoms with Gasteiger partial charge in [-0.3, -0.25) is 14.9 Å². The number of non-ortho nitro benzene ring substituents is 1. The molecule has 0 spiro atoms. The molecule has 0 fully saturated rings. The average molecular weight is 340 g/mol. The molecule has 0 aliphatic heterocycles. The Balaban J connectivity index is 1.54. The number of hydrogen-bond acceptors (Lipinski definition) is 4. The van der Waals surface area contributed by atoms with Gasteiger partial charge in [-0.25, -0.2) is 0 Å². The van der Waals surface area contributed by atoms with Crippen LogP contribution in [0.4, 0.5) is 5.69 Å². The number of nitrogens with zero attached hydrogens (tertiary/aromatic N) is 1. The largest absolute Gasteiger partial charge is 0.383 e. The molecule has 1 aliphatic carbocycles. The van der Waals surface area contributed by atoms with Gasteiger partial charge in [0.2, 0.25) is 5.91 Å². The number of aliphatic hydroxyl groups is 1. The molecule has 2 N–H and O–H groups in total. The molecule has 1 atom stereocenters. The van der Waals surface area contributed by atoms with Crippen molar-refractivity contribution in [3.8, 4) is 0 Å². The number of fused-ring (bicyclic) bond motifs is 1. The van der Waals surface area contributed by atoms with Gasteiger partial charge < -0.3 is 10.4 Å². The summed E-state index contributed by atoms with van der Waals surface area (Å²) in [6.07, 6.45) is 2.04. The quantitative estimate of drug-likeness (QED) is 0.624. The second-order valence-electron chi connectivity index (χ2n) is 6.39. The third kappa shape index (κ3) is 3.85. The van der Waals surface area contributed by atoms with Crippen LogP contribution in [0.25, 0.3) is 0 Å². The fourth-order valence-electron chi connectivity index (χ4n) is 3.27. The smallest absolute Gasteiger partial charge is 0.269 e. The van der Waals surface area contributed by atoms with E-state index < -0.39 is 10.5 Å². The van der Waals surface area contributed by atoms with Crippen LogP contribution in [0.15, 0.2) is 48.5 Å². The van der Waals surface area contributed by atoms with E-state index in [2.05, 4.69) is 5.32 Å². The van der Waals surface area contributed by atoms with Crippen LogP contribution in [-0.2, 0) is 23.2 Å². The Hall–Kier alpha value is -2.73. The van der Waals surface area contributed by atoms with Crippen LogP contribution in [-0.4, -0.2) is 22.5 Å². The van der Waals surface area contributed by atoms with Gasteiger partial charge in [-0.1, -0.05) is 36.4 Å². The summed E-state index contributed by atoms with van der Waals surface area (Å²) in [7, 11) is 0. The van der Waals surface area contributed by atoms with Crippen molar-refractivity contribution in [1.82, 2.24) is 5.32 Å². The maximum Gasteiger partial charge on any atom is 0.269 e. The first kappa shape index (κ1) is 17.1. The minimum Gasteiger partial charge on any atom is -0.383 e. The van der Waals surface area contributed by atoms with Crippen molar-refractivity contribution in [2.45, 2.75) is 31.3 Å². The minimum absolute atomic E-state index is 0.0229. The van der Waals surface area contributed by atoms with E-state index in [-0.39, 0.29) is 24.6 Å². The highest BCUT2D eigenvalue weighted by Crippen LogP contribution is 2.36. The Labute approximate surface area is 145 Å². The summed E-state index contributed by atoms with van der Waals surface area (Å²) in [6.45, 7) is 0.178. The van der Waals surface area contributed by atoms with E-state index in [1.807, 2.05) is 24.3 Å². The zero-order valence-electron chi connectivity index (χ0n) is 13.8. The number of benzene rings is 2. The number of nitro groups is 1. The lowest BCUT2D eigenvalue weighted by molar-refractivity contribution is -0.384. The molecule has 130 valence electrons. The predicted molar refractivity (Wildman–Crippen MR) is 93.1 cm³/mol. The molecule has 0 saturated heterocycles. The highest BCUT2D eigenvalue weighted by atomic mass is 16.6. The van der Waals surface area contributed by atoms with E-state index in [1.54, 1.807) is 12.1 Å². The average Bonchev–Trinajstić information content (AvgIpc) is 2.96. The Bertz CT molecular complexity index is 806. The van der Waals surface area contributed by atoms with Crippen LogP contribution in [0.3, 0.4) is 0 Å². The lowest BCUT2D eigenvalue weighted by Gasteiger charge is -2.24. The molecule has 0 unspecified atom stereocenters. The molecule has 0 radical (unpaired) electrons. The van der Waals surface area contributed by atoms with Crippen molar-refractivity contribution in [2.75, 3.05) is 6.54 Å². The van der Waals surface area contributed by atoms with Crippen LogP contribution in [0.2, 0.25) is 0 Å². The summed E-state index contributed by atoms with van der Waals surface area (Å²) >= 11 is 0. The predicted octanol–water partition coefficient (Wildman–Crippen LogP) is 2.48. The summed E-state index contributed by atoms with van der Waals surface area (Å²) in [5.74, 6) is -0.177. The second kappa shape index (κ2) is 7.03. The van der Waals surface area contributed by atoms with E-state index in [0.717, 1.165) is 23.1 Å². The van der Waals surface area contributed by atoms with E-state index >= 15 is 0 Å². The Kier molecular flexibility index (Phi) is 4.81. The van der Waals surface area contributed by atoms with E-state index in [4.69, 9.17) is 0 Å². The van der Waals surface area contributed by atoms with Gasteiger partial charge in [0.1, 0.15) is 5.60 Å². The number of hydrogen-bond donors (Lipinski definition) is 2. The van der Waals surface area contributed by atoms with Crippen molar-refractivity contribution in [3.05, 3.63) is 75.3 Å². The van der Waals surface area contributed by atoms with Gasteiger partial charge in [0, 0.05) is 18.6 Å². The van der Waals surface area contributed by atoms with Gasteiger partial charge in [-0.15, -0.1) is 0 Å². The van der Waals surface area contributed by atoms with Gasteiger partial charge in [-0.2, -0.15) is 0 Å². The molecule has 0 heterocycles. The van der Waals surface area contributed by atoms with Crippen molar-refractivity contribution < 1.29 is 14.8 Å². The third-order valence-electron chi connectivity index (χ3n) is 4.67. The summed E-state index contributed by atoms with van der Waals surface area (Å²) in [5.41, 5.74) is 1.76. The fraction of sp³-hybridized carbons (Fsp3) is 0.316. The molecule has 0 bridgehead atoms. The Morgan fingerprint density at radius 2 is 2.04 bits per heavy atom. The van der Waals surface area contributed by atoms with Crippen LogP contribution < -0.4 is 5.32 Å². The number of amides is 1. The summed E-state index contributed by atoms with van der Waals surface area (Å²) < 4.78 is 0. The number of nitro benzene ring substituents is 1. The van der Waals surface area contributed by atoms with E-state index in [1.165, 1.54) is 12.1 Å². The molecule has 6 heteroatoms. The normalized spacial score (nSPS) is 18.6. The molecule has 6 nitrogen and oxygen atoms in total. The van der Waals surface area contributed by atoms with Gasteiger partial charge in [-0.05, 0) is 36.0 Å². The first-order valence-corrected chi connectivity index (χ1v) is 8.29.